The van der Waals surface area contributed by atoms with E-state index in [1.807, 2.05) is 30.3 Å². The molecule has 2 rings (SSSR count). The highest BCUT2D eigenvalue weighted by molar-refractivity contribution is 7.13. The van der Waals surface area contributed by atoms with Crippen LogP contribution in [-0.2, 0) is 16.1 Å². The largest absolute Gasteiger partial charge is 0.448 e. The molecule has 0 aliphatic carbocycles. The Morgan fingerprint density at radius 1 is 1.14 bits per heavy atom. The molecule has 9 heteroatoms. The second-order valence-electron chi connectivity index (χ2n) is 6.85. The number of carbonyl (C=O) groups excluding carboxylic acids is 3. The van der Waals surface area contributed by atoms with Crippen molar-refractivity contribution in [3.05, 3.63) is 47.0 Å². The molecule has 1 atom stereocenters. The average Bonchev–Trinajstić information content (AvgIpc) is 3.16. The fourth-order valence-corrected chi connectivity index (χ4v) is 2.94. The van der Waals surface area contributed by atoms with Gasteiger partial charge in [0.1, 0.15) is 0 Å². The quantitative estimate of drug-likeness (QED) is 0.540. The Balaban J connectivity index is 1.75. The molecule has 0 aliphatic heterocycles. The predicted molar refractivity (Wildman–Crippen MR) is 112 cm³/mol. The third kappa shape index (κ3) is 7.90. The minimum Gasteiger partial charge on any atom is -0.448 e. The summed E-state index contributed by atoms with van der Waals surface area (Å²) in [6.45, 7) is 6.68. The van der Waals surface area contributed by atoms with E-state index in [-0.39, 0.29) is 12.2 Å². The van der Waals surface area contributed by atoms with Crippen molar-refractivity contribution < 1.29 is 19.1 Å². The van der Waals surface area contributed by atoms with Crippen LogP contribution < -0.4 is 16.0 Å². The average molecular weight is 419 g/mol. The monoisotopic (exact) mass is 418 g/mol. The van der Waals surface area contributed by atoms with Crippen LogP contribution in [-0.4, -0.2) is 35.5 Å². The van der Waals surface area contributed by atoms with E-state index in [9.17, 15) is 14.4 Å². The number of benzene rings is 1. The molecule has 1 heterocycles. The lowest BCUT2D eigenvalue weighted by molar-refractivity contribution is -0.127. The highest BCUT2D eigenvalue weighted by Crippen LogP contribution is 2.17. The summed E-state index contributed by atoms with van der Waals surface area (Å²) >= 11 is 1.29. The molecule has 0 unspecified atom stereocenters. The first kappa shape index (κ1) is 22.4. The van der Waals surface area contributed by atoms with Gasteiger partial charge in [0.2, 0.25) is 0 Å². The van der Waals surface area contributed by atoms with Crippen molar-refractivity contribution in [1.82, 2.24) is 15.6 Å². The Morgan fingerprint density at radius 2 is 1.86 bits per heavy atom. The van der Waals surface area contributed by atoms with Crippen LogP contribution in [0.1, 0.15) is 43.2 Å². The Kier molecular flexibility index (Phi) is 8.60. The summed E-state index contributed by atoms with van der Waals surface area (Å²) in [5, 5.41) is 10.1. The highest BCUT2D eigenvalue weighted by Gasteiger charge is 2.22. The molecule has 8 nitrogen and oxygen atoms in total. The second kappa shape index (κ2) is 11.2. The SMILES string of the molecule is CC(C)CCNc1nc(C(=O)O[C@H](C)C(=O)NC(=O)NCc2ccccc2)cs1. The fraction of sp³-hybridized carbons (Fsp3) is 0.400. The van der Waals surface area contributed by atoms with Gasteiger partial charge in [0.05, 0.1) is 0 Å². The van der Waals surface area contributed by atoms with Gasteiger partial charge in [-0.25, -0.2) is 14.6 Å². The van der Waals surface area contributed by atoms with Crippen molar-refractivity contribution in [3.8, 4) is 0 Å². The molecule has 1 aromatic carbocycles. The summed E-state index contributed by atoms with van der Waals surface area (Å²) in [4.78, 5) is 40.2. The van der Waals surface area contributed by atoms with Crippen LogP contribution in [0.4, 0.5) is 9.93 Å². The maximum Gasteiger partial charge on any atom is 0.358 e. The predicted octanol–water partition coefficient (Wildman–Crippen LogP) is 3.17. The lowest BCUT2D eigenvalue weighted by atomic mass is 10.1. The van der Waals surface area contributed by atoms with Gasteiger partial charge >= 0.3 is 12.0 Å². The zero-order valence-electron chi connectivity index (χ0n) is 16.7. The maximum atomic E-state index is 12.2. The van der Waals surface area contributed by atoms with E-state index < -0.39 is 24.0 Å². The number of aromatic nitrogens is 1. The summed E-state index contributed by atoms with van der Waals surface area (Å²) in [6, 6.07) is 8.62. The highest BCUT2D eigenvalue weighted by atomic mass is 32.1. The third-order valence-electron chi connectivity index (χ3n) is 3.90. The van der Waals surface area contributed by atoms with Gasteiger partial charge in [-0.2, -0.15) is 0 Å². The number of rotatable bonds is 9. The number of hydrogen-bond donors (Lipinski definition) is 3. The second-order valence-corrected chi connectivity index (χ2v) is 7.71. The van der Waals surface area contributed by atoms with E-state index in [0.717, 1.165) is 18.5 Å². The first-order valence-corrected chi connectivity index (χ1v) is 10.3. The lowest BCUT2D eigenvalue weighted by Gasteiger charge is -2.12. The number of urea groups is 1. The van der Waals surface area contributed by atoms with Gasteiger partial charge in [0.15, 0.2) is 16.9 Å². The van der Waals surface area contributed by atoms with Crippen molar-refractivity contribution in [2.75, 3.05) is 11.9 Å². The normalized spacial score (nSPS) is 11.6. The zero-order valence-corrected chi connectivity index (χ0v) is 17.5. The van der Waals surface area contributed by atoms with Crippen LogP contribution >= 0.6 is 11.3 Å². The fourth-order valence-electron chi connectivity index (χ4n) is 2.23. The van der Waals surface area contributed by atoms with E-state index in [1.54, 1.807) is 5.38 Å². The molecule has 0 bridgehead atoms. The molecule has 156 valence electrons. The van der Waals surface area contributed by atoms with Crippen molar-refractivity contribution in [2.45, 2.75) is 39.8 Å². The summed E-state index contributed by atoms with van der Waals surface area (Å²) < 4.78 is 5.10. The number of hydrogen-bond acceptors (Lipinski definition) is 7. The minimum absolute atomic E-state index is 0.121. The number of esters is 1. The molecule has 3 amide bonds. The van der Waals surface area contributed by atoms with Gasteiger partial charge in [-0.1, -0.05) is 44.2 Å². The van der Waals surface area contributed by atoms with Crippen LogP contribution in [0.15, 0.2) is 35.7 Å². The van der Waals surface area contributed by atoms with Gasteiger partial charge in [-0.05, 0) is 24.8 Å². The number of anilines is 1. The summed E-state index contributed by atoms with van der Waals surface area (Å²) in [6.07, 6.45) is -0.146. The van der Waals surface area contributed by atoms with Gasteiger partial charge in [-0.15, -0.1) is 11.3 Å². The zero-order chi connectivity index (χ0) is 21.2. The number of thiazole rings is 1. The van der Waals surface area contributed by atoms with Gasteiger partial charge in [0, 0.05) is 18.5 Å². The van der Waals surface area contributed by atoms with Crippen molar-refractivity contribution in [3.63, 3.8) is 0 Å². The van der Waals surface area contributed by atoms with Crippen LogP contribution in [0.5, 0.6) is 0 Å². The molecule has 29 heavy (non-hydrogen) atoms. The molecule has 0 fully saturated rings. The topological polar surface area (TPSA) is 109 Å². The van der Waals surface area contributed by atoms with Crippen LogP contribution in [0.2, 0.25) is 0 Å². The maximum absolute atomic E-state index is 12.2. The van der Waals surface area contributed by atoms with Crippen LogP contribution in [0, 0.1) is 5.92 Å². The molecule has 0 spiro atoms. The Bertz CT molecular complexity index is 823. The smallest absolute Gasteiger partial charge is 0.358 e. The molecular formula is C20H26N4O4S. The van der Waals surface area contributed by atoms with E-state index in [4.69, 9.17) is 4.74 Å². The summed E-state index contributed by atoms with van der Waals surface area (Å²) in [7, 11) is 0. The molecule has 2 aromatic rings. The molecule has 0 saturated carbocycles. The molecular weight excluding hydrogens is 392 g/mol. The number of nitrogens with one attached hydrogen (secondary N) is 3. The van der Waals surface area contributed by atoms with Crippen molar-refractivity contribution in [2.24, 2.45) is 5.92 Å². The first-order chi connectivity index (χ1) is 13.8. The number of carbonyl (C=O) groups is 3. The van der Waals surface area contributed by atoms with E-state index in [1.165, 1.54) is 18.3 Å². The summed E-state index contributed by atoms with van der Waals surface area (Å²) in [5.41, 5.74) is 1.02. The van der Waals surface area contributed by atoms with Crippen molar-refractivity contribution in [1.29, 1.82) is 0 Å². The number of nitrogens with zero attached hydrogens (tertiary/aromatic N) is 1. The molecule has 0 radical (unpaired) electrons. The molecule has 3 N–H and O–H groups in total. The van der Waals surface area contributed by atoms with Crippen LogP contribution in [0.25, 0.3) is 0 Å². The standard InChI is InChI=1S/C20H26N4O4S/c1-13(2)9-10-21-20-23-16(12-29-20)18(26)28-14(3)17(25)24-19(27)22-11-15-7-5-4-6-8-15/h4-8,12-14H,9-11H2,1-3H3,(H,21,23)(H2,22,24,25,27)/t14-/m1/s1. The van der Waals surface area contributed by atoms with Gasteiger partial charge < -0.3 is 15.4 Å². The van der Waals surface area contributed by atoms with E-state index in [2.05, 4.69) is 34.8 Å². The lowest BCUT2D eigenvalue weighted by Crippen LogP contribution is -2.44. The van der Waals surface area contributed by atoms with E-state index in [0.29, 0.717) is 11.0 Å². The summed E-state index contributed by atoms with van der Waals surface area (Å²) in [5.74, 6) is -0.865. The third-order valence-corrected chi connectivity index (χ3v) is 4.70. The Labute approximate surface area is 174 Å². The Morgan fingerprint density at radius 3 is 2.55 bits per heavy atom. The number of amides is 3. The van der Waals surface area contributed by atoms with Crippen molar-refractivity contribution >= 4 is 34.4 Å². The number of ether oxygens (including phenoxy) is 1. The van der Waals surface area contributed by atoms with Gasteiger partial charge in [-0.3, -0.25) is 10.1 Å². The first-order valence-electron chi connectivity index (χ1n) is 9.38. The Hall–Kier alpha value is -2.94. The number of imide groups is 1. The molecule has 1 aromatic heterocycles. The molecule has 0 aliphatic rings. The van der Waals surface area contributed by atoms with Gasteiger partial charge in [0.25, 0.3) is 5.91 Å². The minimum atomic E-state index is -1.14. The van der Waals surface area contributed by atoms with Crippen LogP contribution in [0.3, 0.4) is 0 Å². The molecule has 0 saturated heterocycles. The van der Waals surface area contributed by atoms with E-state index >= 15 is 0 Å².